The van der Waals surface area contributed by atoms with Gasteiger partial charge in [0, 0.05) is 6.04 Å². The van der Waals surface area contributed by atoms with Gasteiger partial charge in [0.15, 0.2) is 0 Å². The SMILES string of the molecule is C[C@H](N)[C@@]12CCC[C@@H]1[C@H]1CC[C@@H]2C1. The Morgan fingerprint density at radius 2 is 2.15 bits per heavy atom. The van der Waals surface area contributed by atoms with E-state index in [1.807, 2.05) is 0 Å². The van der Waals surface area contributed by atoms with E-state index in [9.17, 15) is 0 Å². The predicted molar refractivity (Wildman–Crippen MR) is 54.3 cm³/mol. The van der Waals surface area contributed by atoms with Crippen LogP contribution in [0, 0.1) is 23.2 Å². The van der Waals surface area contributed by atoms with Crippen LogP contribution in [0.15, 0.2) is 0 Å². The van der Waals surface area contributed by atoms with Crippen LogP contribution >= 0.6 is 0 Å². The minimum atomic E-state index is 0.454. The summed E-state index contributed by atoms with van der Waals surface area (Å²) in [4.78, 5) is 0. The smallest absolute Gasteiger partial charge is 0.00724 e. The molecule has 3 aliphatic carbocycles. The van der Waals surface area contributed by atoms with Crippen molar-refractivity contribution in [1.29, 1.82) is 0 Å². The molecule has 74 valence electrons. The van der Waals surface area contributed by atoms with E-state index in [2.05, 4.69) is 6.92 Å². The van der Waals surface area contributed by atoms with Crippen LogP contribution < -0.4 is 5.73 Å². The van der Waals surface area contributed by atoms with E-state index in [1.54, 1.807) is 0 Å². The normalized spacial score (nSPS) is 55.4. The van der Waals surface area contributed by atoms with Crippen LogP contribution in [-0.4, -0.2) is 6.04 Å². The number of fused-ring (bicyclic) bond motifs is 5. The Morgan fingerprint density at radius 3 is 2.85 bits per heavy atom. The lowest BCUT2D eigenvalue weighted by atomic mass is 9.64. The second kappa shape index (κ2) is 2.50. The molecule has 3 fully saturated rings. The standard InChI is InChI=1S/C12H21N/c1-8(13)12-6-2-3-11(12)9-4-5-10(12)7-9/h8-11H,2-7,13H2,1H3/t8-,9-,10+,11+,12+/m0/s1. The Balaban J connectivity index is 1.99. The Bertz CT molecular complexity index is 223. The highest BCUT2D eigenvalue weighted by Gasteiger charge is 2.60. The van der Waals surface area contributed by atoms with Crippen LogP contribution in [0.5, 0.6) is 0 Å². The highest BCUT2D eigenvalue weighted by molar-refractivity contribution is 5.11. The van der Waals surface area contributed by atoms with E-state index in [-0.39, 0.29) is 0 Å². The fourth-order valence-corrected chi connectivity index (χ4v) is 5.07. The second-order valence-electron chi connectivity index (χ2n) is 5.67. The van der Waals surface area contributed by atoms with Crippen molar-refractivity contribution >= 4 is 0 Å². The molecule has 5 atom stereocenters. The van der Waals surface area contributed by atoms with Crippen LogP contribution in [0.4, 0.5) is 0 Å². The van der Waals surface area contributed by atoms with Gasteiger partial charge in [-0.15, -0.1) is 0 Å². The molecule has 0 amide bonds. The maximum atomic E-state index is 6.26. The fraction of sp³-hybridized carbons (Fsp3) is 1.00. The Labute approximate surface area is 81.1 Å². The lowest BCUT2D eigenvalue weighted by Crippen LogP contribution is -2.46. The van der Waals surface area contributed by atoms with Crippen molar-refractivity contribution in [3.05, 3.63) is 0 Å². The molecule has 0 aromatic heterocycles. The number of nitrogens with two attached hydrogens (primary N) is 1. The second-order valence-corrected chi connectivity index (χ2v) is 5.67. The molecule has 0 heterocycles. The average Bonchev–Trinajstić information content (AvgIpc) is 2.76. The first-order valence-corrected chi connectivity index (χ1v) is 6.00. The molecular formula is C12H21N. The molecule has 3 rings (SSSR count). The predicted octanol–water partition coefficient (Wildman–Crippen LogP) is 2.55. The Kier molecular flexibility index (Phi) is 1.59. The molecular weight excluding hydrogens is 158 g/mol. The van der Waals surface area contributed by atoms with Crippen molar-refractivity contribution in [2.45, 2.75) is 51.5 Å². The summed E-state index contributed by atoms with van der Waals surface area (Å²) >= 11 is 0. The van der Waals surface area contributed by atoms with Crippen molar-refractivity contribution in [2.75, 3.05) is 0 Å². The van der Waals surface area contributed by atoms with Crippen molar-refractivity contribution in [3.63, 3.8) is 0 Å². The van der Waals surface area contributed by atoms with Gasteiger partial charge in [-0.1, -0.05) is 6.42 Å². The van der Waals surface area contributed by atoms with Crippen LogP contribution in [0.2, 0.25) is 0 Å². The summed E-state index contributed by atoms with van der Waals surface area (Å²) in [5, 5.41) is 0. The van der Waals surface area contributed by atoms with E-state index in [0.717, 1.165) is 17.8 Å². The van der Waals surface area contributed by atoms with E-state index in [4.69, 9.17) is 5.73 Å². The lowest BCUT2D eigenvalue weighted by Gasteiger charge is -2.43. The number of rotatable bonds is 1. The Hall–Kier alpha value is -0.0400. The van der Waals surface area contributed by atoms with E-state index in [0.29, 0.717) is 11.5 Å². The number of hydrogen-bond acceptors (Lipinski definition) is 1. The molecule has 13 heavy (non-hydrogen) atoms. The molecule has 3 aliphatic rings. The quantitative estimate of drug-likeness (QED) is 0.657. The summed E-state index contributed by atoms with van der Waals surface area (Å²) in [6.45, 7) is 2.26. The minimum Gasteiger partial charge on any atom is -0.327 e. The summed E-state index contributed by atoms with van der Waals surface area (Å²) in [5.74, 6) is 3.09. The van der Waals surface area contributed by atoms with Crippen LogP contribution in [0.25, 0.3) is 0 Å². The summed E-state index contributed by atoms with van der Waals surface area (Å²) in [7, 11) is 0. The lowest BCUT2D eigenvalue weighted by molar-refractivity contribution is 0.0839. The van der Waals surface area contributed by atoms with Gasteiger partial charge in [-0.05, 0) is 62.2 Å². The topological polar surface area (TPSA) is 26.0 Å². The maximum Gasteiger partial charge on any atom is 0.00724 e. The molecule has 0 spiro atoms. The van der Waals surface area contributed by atoms with Gasteiger partial charge in [-0.3, -0.25) is 0 Å². The van der Waals surface area contributed by atoms with Crippen molar-refractivity contribution in [3.8, 4) is 0 Å². The van der Waals surface area contributed by atoms with Gasteiger partial charge in [0.25, 0.3) is 0 Å². The summed E-state index contributed by atoms with van der Waals surface area (Å²) < 4.78 is 0. The average molecular weight is 179 g/mol. The van der Waals surface area contributed by atoms with Crippen molar-refractivity contribution < 1.29 is 0 Å². The zero-order valence-electron chi connectivity index (χ0n) is 8.63. The summed E-state index contributed by atoms with van der Waals surface area (Å²) in [5.41, 5.74) is 6.86. The van der Waals surface area contributed by atoms with Gasteiger partial charge < -0.3 is 5.73 Å². The molecule has 1 heteroatoms. The van der Waals surface area contributed by atoms with Gasteiger partial charge >= 0.3 is 0 Å². The molecule has 2 N–H and O–H groups in total. The molecule has 3 saturated carbocycles. The largest absolute Gasteiger partial charge is 0.327 e. The first-order valence-electron chi connectivity index (χ1n) is 6.00. The van der Waals surface area contributed by atoms with Crippen molar-refractivity contribution in [1.82, 2.24) is 0 Å². The van der Waals surface area contributed by atoms with Gasteiger partial charge in [0.1, 0.15) is 0 Å². The van der Waals surface area contributed by atoms with Crippen LogP contribution in [0.1, 0.15) is 45.4 Å². The molecule has 0 aromatic carbocycles. The third kappa shape index (κ3) is 0.823. The first kappa shape index (κ1) is 8.28. The fourth-order valence-electron chi connectivity index (χ4n) is 5.07. The van der Waals surface area contributed by atoms with Gasteiger partial charge in [-0.2, -0.15) is 0 Å². The Morgan fingerprint density at radius 1 is 1.31 bits per heavy atom. The van der Waals surface area contributed by atoms with Gasteiger partial charge in [0.05, 0.1) is 0 Å². The first-order chi connectivity index (χ1) is 6.25. The van der Waals surface area contributed by atoms with Gasteiger partial charge in [0.2, 0.25) is 0 Å². The zero-order valence-corrected chi connectivity index (χ0v) is 8.63. The highest BCUT2D eigenvalue weighted by atomic mass is 14.8. The molecule has 1 nitrogen and oxygen atoms in total. The molecule has 0 radical (unpaired) electrons. The van der Waals surface area contributed by atoms with Crippen LogP contribution in [0.3, 0.4) is 0 Å². The van der Waals surface area contributed by atoms with E-state index >= 15 is 0 Å². The summed E-state index contributed by atoms with van der Waals surface area (Å²) in [6, 6.07) is 0.454. The zero-order chi connectivity index (χ0) is 9.05. The maximum absolute atomic E-state index is 6.26. The monoisotopic (exact) mass is 179 g/mol. The molecule has 0 aromatic rings. The molecule has 0 unspecified atom stereocenters. The third-order valence-corrected chi connectivity index (χ3v) is 5.47. The van der Waals surface area contributed by atoms with E-state index in [1.165, 1.54) is 38.5 Å². The van der Waals surface area contributed by atoms with E-state index < -0.39 is 0 Å². The summed E-state index contributed by atoms with van der Waals surface area (Å²) in [6.07, 6.45) is 8.91. The highest BCUT2D eigenvalue weighted by Crippen LogP contribution is 2.67. The molecule has 2 bridgehead atoms. The minimum absolute atomic E-state index is 0.454. The third-order valence-electron chi connectivity index (χ3n) is 5.47. The van der Waals surface area contributed by atoms with Crippen LogP contribution in [-0.2, 0) is 0 Å². The van der Waals surface area contributed by atoms with Crippen molar-refractivity contribution in [2.24, 2.45) is 28.9 Å². The van der Waals surface area contributed by atoms with Gasteiger partial charge in [-0.25, -0.2) is 0 Å². The number of hydrogen-bond donors (Lipinski definition) is 1. The molecule has 0 aliphatic heterocycles. The molecule has 0 saturated heterocycles.